The molecule has 8 heteroatoms. The summed E-state index contributed by atoms with van der Waals surface area (Å²) >= 11 is 0. The molecule has 1 aromatic rings. The molecule has 1 heterocycles. The third-order valence-electron chi connectivity index (χ3n) is 2.50. The molecule has 0 fully saturated rings. The highest BCUT2D eigenvalue weighted by molar-refractivity contribution is 5.76. The van der Waals surface area contributed by atoms with Crippen molar-refractivity contribution < 1.29 is 18.0 Å². The quantitative estimate of drug-likeness (QED) is 0.898. The predicted molar refractivity (Wildman–Crippen MR) is 63.0 cm³/mol. The van der Waals surface area contributed by atoms with Gasteiger partial charge in [0.1, 0.15) is 0 Å². The lowest BCUT2D eigenvalue weighted by atomic mass is 10.2. The minimum atomic E-state index is -4.53. The maximum atomic E-state index is 12.7. The molecule has 0 aliphatic rings. The first-order valence-electron chi connectivity index (χ1n) is 5.70. The van der Waals surface area contributed by atoms with Gasteiger partial charge in [-0.25, -0.2) is 0 Å². The Morgan fingerprint density at radius 1 is 1.58 bits per heavy atom. The van der Waals surface area contributed by atoms with Gasteiger partial charge in [-0.2, -0.15) is 18.3 Å². The van der Waals surface area contributed by atoms with Crippen LogP contribution >= 0.6 is 0 Å². The molecule has 0 saturated heterocycles. The number of amides is 1. The Hall–Kier alpha value is -1.57. The highest BCUT2D eigenvalue weighted by atomic mass is 19.4. The van der Waals surface area contributed by atoms with E-state index in [0.717, 1.165) is 4.68 Å². The number of halogens is 3. The van der Waals surface area contributed by atoms with Gasteiger partial charge >= 0.3 is 6.18 Å². The standard InChI is InChI=1S/C11H17F3N4O/c1-7(15)4-9(19)17(2)5-8-6-18(3)16-10(8)11(12,13)14/h6-7H,4-5,15H2,1-3H3. The summed E-state index contributed by atoms with van der Waals surface area (Å²) < 4.78 is 39.3. The summed E-state index contributed by atoms with van der Waals surface area (Å²) in [6.07, 6.45) is -3.17. The summed E-state index contributed by atoms with van der Waals surface area (Å²) in [4.78, 5) is 12.9. The lowest BCUT2D eigenvalue weighted by Crippen LogP contribution is -2.32. The van der Waals surface area contributed by atoms with Gasteiger partial charge in [0, 0.05) is 44.9 Å². The topological polar surface area (TPSA) is 64.2 Å². The monoisotopic (exact) mass is 278 g/mol. The van der Waals surface area contributed by atoms with Gasteiger partial charge in [0.05, 0.1) is 0 Å². The zero-order valence-corrected chi connectivity index (χ0v) is 11.0. The van der Waals surface area contributed by atoms with E-state index in [1.165, 1.54) is 25.2 Å². The van der Waals surface area contributed by atoms with Crippen molar-refractivity contribution in [3.05, 3.63) is 17.5 Å². The maximum Gasteiger partial charge on any atom is 0.435 e. The van der Waals surface area contributed by atoms with Gasteiger partial charge < -0.3 is 10.6 Å². The fourth-order valence-corrected chi connectivity index (χ4v) is 1.67. The van der Waals surface area contributed by atoms with E-state index in [4.69, 9.17) is 5.73 Å². The molecule has 2 N–H and O–H groups in total. The lowest BCUT2D eigenvalue weighted by molar-refractivity contribution is -0.143. The summed E-state index contributed by atoms with van der Waals surface area (Å²) in [7, 11) is 2.85. The molecular formula is C11H17F3N4O. The fourth-order valence-electron chi connectivity index (χ4n) is 1.67. The minimum Gasteiger partial charge on any atom is -0.341 e. The van der Waals surface area contributed by atoms with E-state index >= 15 is 0 Å². The molecule has 1 amide bonds. The molecule has 1 atom stereocenters. The SMILES string of the molecule is CC(N)CC(=O)N(C)Cc1cn(C)nc1C(F)(F)F. The molecule has 0 aliphatic carbocycles. The zero-order chi connectivity index (χ0) is 14.8. The summed E-state index contributed by atoms with van der Waals surface area (Å²) in [6.45, 7) is 1.52. The molecule has 19 heavy (non-hydrogen) atoms. The summed E-state index contributed by atoms with van der Waals surface area (Å²) in [5.74, 6) is -0.299. The average Bonchev–Trinajstić information content (AvgIpc) is 2.57. The van der Waals surface area contributed by atoms with E-state index < -0.39 is 11.9 Å². The number of aryl methyl sites for hydroxylation is 1. The van der Waals surface area contributed by atoms with Crippen molar-refractivity contribution in [1.29, 1.82) is 0 Å². The van der Waals surface area contributed by atoms with E-state index in [9.17, 15) is 18.0 Å². The van der Waals surface area contributed by atoms with Crippen molar-refractivity contribution in [3.63, 3.8) is 0 Å². The van der Waals surface area contributed by atoms with Crippen LogP contribution in [0.5, 0.6) is 0 Å². The molecule has 0 saturated carbocycles. The first-order valence-corrected chi connectivity index (χ1v) is 5.70. The molecule has 1 aromatic heterocycles. The molecule has 0 bridgehead atoms. The number of carbonyl (C=O) groups is 1. The molecule has 0 aliphatic heterocycles. The number of hydrogen-bond acceptors (Lipinski definition) is 3. The zero-order valence-electron chi connectivity index (χ0n) is 11.0. The van der Waals surface area contributed by atoms with Crippen LogP contribution in [0.25, 0.3) is 0 Å². The van der Waals surface area contributed by atoms with Crippen LogP contribution in [-0.4, -0.2) is 33.7 Å². The Labute approximate surface area is 109 Å². The second kappa shape index (κ2) is 5.60. The van der Waals surface area contributed by atoms with Crippen molar-refractivity contribution >= 4 is 5.91 Å². The third-order valence-corrected chi connectivity index (χ3v) is 2.50. The van der Waals surface area contributed by atoms with Crippen LogP contribution in [0.4, 0.5) is 13.2 Å². The number of nitrogens with two attached hydrogens (primary N) is 1. The van der Waals surface area contributed by atoms with Crippen LogP contribution < -0.4 is 5.73 Å². The van der Waals surface area contributed by atoms with Gasteiger partial charge in [0.2, 0.25) is 5.91 Å². The van der Waals surface area contributed by atoms with Crippen LogP contribution in [-0.2, 0) is 24.6 Å². The van der Waals surface area contributed by atoms with Crippen LogP contribution in [0.2, 0.25) is 0 Å². The second-order valence-corrected chi connectivity index (χ2v) is 4.61. The molecule has 0 aromatic carbocycles. The van der Waals surface area contributed by atoms with Crippen molar-refractivity contribution in [2.24, 2.45) is 12.8 Å². The Balaban J connectivity index is 2.85. The molecule has 1 rings (SSSR count). The Kier molecular flexibility index (Phi) is 4.56. The highest BCUT2D eigenvalue weighted by Gasteiger charge is 2.37. The number of alkyl halides is 3. The van der Waals surface area contributed by atoms with Gasteiger partial charge in [0.15, 0.2) is 5.69 Å². The molecule has 5 nitrogen and oxygen atoms in total. The Morgan fingerprint density at radius 2 is 2.16 bits per heavy atom. The van der Waals surface area contributed by atoms with Gasteiger partial charge in [-0.3, -0.25) is 9.48 Å². The normalized spacial score (nSPS) is 13.4. The fraction of sp³-hybridized carbons (Fsp3) is 0.636. The minimum absolute atomic E-state index is 0.0319. The first kappa shape index (κ1) is 15.5. The second-order valence-electron chi connectivity index (χ2n) is 4.61. The van der Waals surface area contributed by atoms with Gasteiger partial charge in [-0.15, -0.1) is 0 Å². The molecular weight excluding hydrogens is 261 g/mol. The third kappa shape index (κ3) is 4.23. The van der Waals surface area contributed by atoms with Crippen molar-refractivity contribution in [3.8, 4) is 0 Å². The molecule has 108 valence electrons. The maximum absolute atomic E-state index is 12.7. The van der Waals surface area contributed by atoms with Gasteiger partial charge in [0.25, 0.3) is 0 Å². The van der Waals surface area contributed by atoms with Crippen molar-refractivity contribution in [2.75, 3.05) is 7.05 Å². The van der Waals surface area contributed by atoms with Crippen molar-refractivity contribution in [1.82, 2.24) is 14.7 Å². The molecule has 0 spiro atoms. The van der Waals surface area contributed by atoms with Crippen LogP contribution in [0.15, 0.2) is 6.20 Å². The van der Waals surface area contributed by atoms with Gasteiger partial charge in [-0.1, -0.05) is 0 Å². The van der Waals surface area contributed by atoms with Crippen LogP contribution in [0.3, 0.4) is 0 Å². The first-order chi connectivity index (χ1) is 8.61. The van der Waals surface area contributed by atoms with Crippen LogP contribution in [0.1, 0.15) is 24.6 Å². The number of aromatic nitrogens is 2. The van der Waals surface area contributed by atoms with E-state index in [1.54, 1.807) is 6.92 Å². The largest absolute Gasteiger partial charge is 0.435 e. The smallest absolute Gasteiger partial charge is 0.341 e. The van der Waals surface area contributed by atoms with Gasteiger partial charge in [-0.05, 0) is 6.92 Å². The average molecular weight is 278 g/mol. The van der Waals surface area contributed by atoms with E-state index in [-0.39, 0.29) is 30.5 Å². The lowest BCUT2D eigenvalue weighted by Gasteiger charge is -2.18. The summed E-state index contributed by atoms with van der Waals surface area (Å²) in [6, 6.07) is -0.328. The van der Waals surface area contributed by atoms with E-state index in [2.05, 4.69) is 5.10 Å². The van der Waals surface area contributed by atoms with E-state index in [0.29, 0.717) is 0 Å². The summed E-state index contributed by atoms with van der Waals surface area (Å²) in [5.41, 5.74) is 4.49. The number of carbonyl (C=O) groups excluding carboxylic acids is 1. The van der Waals surface area contributed by atoms with Crippen molar-refractivity contribution in [2.45, 2.75) is 32.1 Å². The summed E-state index contributed by atoms with van der Waals surface area (Å²) in [5, 5.41) is 3.38. The molecule has 0 radical (unpaired) electrons. The predicted octanol–water partition coefficient (Wildman–Crippen LogP) is 1.13. The Bertz CT molecular complexity index is 453. The Morgan fingerprint density at radius 3 is 2.63 bits per heavy atom. The van der Waals surface area contributed by atoms with Crippen LogP contribution in [0, 0.1) is 0 Å². The number of hydrogen-bond donors (Lipinski definition) is 1. The number of nitrogens with zero attached hydrogens (tertiary/aromatic N) is 3. The highest BCUT2D eigenvalue weighted by Crippen LogP contribution is 2.31. The molecule has 1 unspecified atom stereocenters. The number of rotatable bonds is 4. The van der Waals surface area contributed by atoms with E-state index in [1.807, 2.05) is 0 Å².